The van der Waals surface area contributed by atoms with E-state index < -0.39 is 10.0 Å². The molecule has 1 aromatic carbocycles. The van der Waals surface area contributed by atoms with Gasteiger partial charge in [0.05, 0.1) is 29.8 Å². The summed E-state index contributed by atoms with van der Waals surface area (Å²) in [7, 11) is -3.56. The van der Waals surface area contributed by atoms with Gasteiger partial charge in [0.2, 0.25) is 15.9 Å². The predicted octanol–water partition coefficient (Wildman–Crippen LogP) is 1.32. The monoisotopic (exact) mass is 418 g/mol. The molecule has 2 heterocycles. The molecular weight excluding hydrogens is 392 g/mol. The number of amides is 1. The maximum atomic E-state index is 13.0. The first kappa shape index (κ1) is 20.1. The summed E-state index contributed by atoms with van der Waals surface area (Å²) in [6.45, 7) is 5.51. The van der Waals surface area contributed by atoms with Crippen LogP contribution in [0.3, 0.4) is 0 Å². The first-order valence-electron chi connectivity index (χ1n) is 9.86. The Morgan fingerprint density at radius 1 is 1.24 bits per heavy atom. The van der Waals surface area contributed by atoms with Crippen molar-refractivity contribution in [3.63, 3.8) is 0 Å². The van der Waals surface area contributed by atoms with E-state index in [1.165, 1.54) is 4.31 Å². The molecule has 1 saturated heterocycles. The van der Waals surface area contributed by atoms with Gasteiger partial charge < -0.3 is 10.1 Å². The number of carbonyl (C=O) groups excluding carboxylic acids is 1. The number of fused-ring (bicyclic) bond motifs is 1. The standard InChI is InChI=1S/C20H26N4O4S/c1-14-11-15(2)24(22-14)13-20(25)21-19-6-4-16-3-5-17(12-18(16)19)29(26,27)23-7-9-28-10-8-23/h3,5,11-12,19H,4,6-10,13H2,1-2H3,(H,21,25). The summed E-state index contributed by atoms with van der Waals surface area (Å²) in [6.07, 6.45) is 1.58. The van der Waals surface area contributed by atoms with Gasteiger partial charge in [0.15, 0.2) is 0 Å². The zero-order valence-corrected chi connectivity index (χ0v) is 17.5. The minimum absolute atomic E-state index is 0.129. The summed E-state index contributed by atoms with van der Waals surface area (Å²) in [5.74, 6) is -0.129. The third kappa shape index (κ3) is 4.08. The molecule has 2 aliphatic rings. The Morgan fingerprint density at radius 3 is 2.69 bits per heavy atom. The Morgan fingerprint density at radius 2 is 2.00 bits per heavy atom. The number of benzene rings is 1. The molecule has 8 nitrogen and oxygen atoms in total. The van der Waals surface area contributed by atoms with E-state index in [4.69, 9.17) is 4.74 Å². The van der Waals surface area contributed by atoms with Crippen LogP contribution in [0.25, 0.3) is 0 Å². The second-order valence-corrected chi connectivity index (χ2v) is 9.56. The lowest BCUT2D eigenvalue weighted by molar-refractivity contribution is -0.122. The summed E-state index contributed by atoms with van der Waals surface area (Å²) in [4.78, 5) is 12.8. The van der Waals surface area contributed by atoms with Gasteiger partial charge in [-0.05, 0) is 56.0 Å². The highest BCUT2D eigenvalue weighted by molar-refractivity contribution is 7.89. The van der Waals surface area contributed by atoms with E-state index >= 15 is 0 Å². The highest BCUT2D eigenvalue weighted by Gasteiger charge is 2.30. The average molecular weight is 419 g/mol. The van der Waals surface area contributed by atoms with Gasteiger partial charge in [-0.2, -0.15) is 9.40 Å². The number of carbonyl (C=O) groups is 1. The molecule has 4 rings (SSSR count). The van der Waals surface area contributed by atoms with Crippen molar-refractivity contribution in [2.45, 2.75) is 44.2 Å². The summed E-state index contributed by atoms with van der Waals surface area (Å²) < 4.78 is 34.3. The normalized spacial score (nSPS) is 19.9. The Bertz CT molecular complexity index is 1030. The third-order valence-electron chi connectivity index (χ3n) is 5.53. The number of aryl methyl sites for hydroxylation is 3. The maximum Gasteiger partial charge on any atom is 0.243 e. The number of hydrogen-bond donors (Lipinski definition) is 1. The molecule has 1 atom stereocenters. The van der Waals surface area contributed by atoms with Crippen molar-refractivity contribution in [3.8, 4) is 0 Å². The van der Waals surface area contributed by atoms with Crippen LogP contribution in [0.4, 0.5) is 0 Å². The van der Waals surface area contributed by atoms with Crippen molar-refractivity contribution < 1.29 is 17.9 Å². The first-order chi connectivity index (χ1) is 13.8. The quantitative estimate of drug-likeness (QED) is 0.791. The minimum Gasteiger partial charge on any atom is -0.379 e. The van der Waals surface area contributed by atoms with Crippen molar-refractivity contribution in [1.82, 2.24) is 19.4 Å². The Balaban J connectivity index is 1.51. The molecule has 1 unspecified atom stereocenters. The molecule has 1 amide bonds. The average Bonchev–Trinajstić information content (AvgIpc) is 3.24. The lowest BCUT2D eigenvalue weighted by atomic mass is 10.1. The van der Waals surface area contributed by atoms with Gasteiger partial charge in [-0.1, -0.05) is 6.07 Å². The molecular formula is C20H26N4O4S. The van der Waals surface area contributed by atoms with Crippen molar-refractivity contribution in [2.75, 3.05) is 26.3 Å². The third-order valence-corrected chi connectivity index (χ3v) is 7.43. The fourth-order valence-electron chi connectivity index (χ4n) is 4.04. The predicted molar refractivity (Wildman–Crippen MR) is 107 cm³/mol. The Hall–Kier alpha value is -2.23. The second-order valence-electron chi connectivity index (χ2n) is 7.62. The summed E-state index contributed by atoms with van der Waals surface area (Å²) in [5.41, 5.74) is 3.78. The lowest BCUT2D eigenvalue weighted by Crippen LogP contribution is -2.40. The number of rotatable bonds is 5. The zero-order chi connectivity index (χ0) is 20.6. The van der Waals surface area contributed by atoms with Crippen LogP contribution in [0, 0.1) is 13.8 Å². The van der Waals surface area contributed by atoms with Gasteiger partial charge in [0.25, 0.3) is 0 Å². The smallest absolute Gasteiger partial charge is 0.243 e. The van der Waals surface area contributed by atoms with E-state index in [0.717, 1.165) is 35.4 Å². The van der Waals surface area contributed by atoms with Crippen LogP contribution in [-0.4, -0.2) is 54.7 Å². The minimum atomic E-state index is -3.56. The highest BCUT2D eigenvalue weighted by atomic mass is 32.2. The highest BCUT2D eigenvalue weighted by Crippen LogP contribution is 2.33. The molecule has 9 heteroatoms. The number of ether oxygens (including phenoxy) is 1. The van der Waals surface area contributed by atoms with Crippen molar-refractivity contribution in [1.29, 1.82) is 0 Å². The Labute approximate surface area is 170 Å². The molecule has 2 aromatic rings. The van der Waals surface area contributed by atoms with E-state index in [9.17, 15) is 13.2 Å². The number of nitrogens with zero attached hydrogens (tertiary/aromatic N) is 3. The fourth-order valence-corrected chi connectivity index (χ4v) is 5.48. The molecule has 0 saturated carbocycles. The SMILES string of the molecule is Cc1cc(C)n(CC(=O)NC2CCc3ccc(S(=O)(=O)N4CCOCC4)cc32)n1. The molecule has 156 valence electrons. The van der Waals surface area contributed by atoms with Gasteiger partial charge >= 0.3 is 0 Å². The van der Waals surface area contributed by atoms with Crippen molar-refractivity contribution in [3.05, 3.63) is 46.8 Å². The molecule has 0 spiro atoms. The van der Waals surface area contributed by atoms with Gasteiger partial charge in [-0.25, -0.2) is 8.42 Å². The van der Waals surface area contributed by atoms with Gasteiger partial charge in [0.1, 0.15) is 6.54 Å². The molecule has 0 bridgehead atoms. The van der Waals surface area contributed by atoms with Crippen LogP contribution in [-0.2, 0) is 32.5 Å². The molecule has 1 fully saturated rings. The molecule has 1 aliphatic heterocycles. The number of hydrogen-bond acceptors (Lipinski definition) is 5. The second kappa shape index (κ2) is 7.89. The molecule has 1 aromatic heterocycles. The molecule has 29 heavy (non-hydrogen) atoms. The van der Waals surface area contributed by atoms with Crippen LogP contribution in [0.5, 0.6) is 0 Å². The van der Waals surface area contributed by atoms with E-state index in [1.54, 1.807) is 16.8 Å². The zero-order valence-electron chi connectivity index (χ0n) is 16.7. The van der Waals surface area contributed by atoms with E-state index in [-0.39, 0.29) is 23.4 Å². The van der Waals surface area contributed by atoms with Gasteiger partial charge in [-0.15, -0.1) is 0 Å². The maximum absolute atomic E-state index is 13.0. The van der Waals surface area contributed by atoms with Crippen molar-refractivity contribution in [2.24, 2.45) is 0 Å². The summed E-state index contributed by atoms with van der Waals surface area (Å²) >= 11 is 0. The lowest BCUT2D eigenvalue weighted by Gasteiger charge is -2.26. The number of aromatic nitrogens is 2. The van der Waals surface area contributed by atoms with Gasteiger partial charge in [0, 0.05) is 18.8 Å². The largest absolute Gasteiger partial charge is 0.379 e. The van der Waals surface area contributed by atoms with E-state index in [2.05, 4.69) is 10.4 Å². The fraction of sp³-hybridized carbons (Fsp3) is 0.500. The summed E-state index contributed by atoms with van der Waals surface area (Å²) in [5, 5.41) is 7.38. The number of nitrogens with one attached hydrogen (secondary N) is 1. The van der Waals surface area contributed by atoms with Crippen LogP contribution >= 0.6 is 0 Å². The van der Waals surface area contributed by atoms with Gasteiger partial charge in [-0.3, -0.25) is 9.48 Å². The summed E-state index contributed by atoms with van der Waals surface area (Å²) in [6, 6.07) is 7.01. The molecule has 0 radical (unpaired) electrons. The van der Waals surface area contributed by atoms with Crippen LogP contribution in [0.1, 0.15) is 35.0 Å². The van der Waals surface area contributed by atoms with Crippen LogP contribution < -0.4 is 5.32 Å². The molecule has 1 aliphatic carbocycles. The van der Waals surface area contributed by atoms with Crippen LogP contribution in [0.15, 0.2) is 29.2 Å². The van der Waals surface area contributed by atoms with E-state index in [1.807, 2.05) is 26.0 Å². The van der Waals surface area contributed by atoms with E-state index in [0.29, 0.717) is 26.3 Å². The topological polar surface area (TPSA) is 93.5 Å². The molecule has 1 N–H and O–H groups in total. The number of morpholine rings is 1. The Kier molecular flexibility index (Phi) is 5.46. The number of sulfonamides is 1. The van der Waals surface area contributed by atoms with Crippen LogP contribution in [0.2, 0.25) is 0 Å². The first-order valence-corrected chi connectivity index (χ1v) is 11.3. The van der Waals surface area contributed by atoms with Crippen molar-refractivity contribution >= 4 is 15.9 Å².